The van der Waals surface area contributed by atoms with Crippen LogP contribution in [0, 0.1) is 0 Å². The highest BCUT2D eigenvalue weighted by atomic mass is 32.2. The van der Waals surface area contributed by atoms with Crippen LogP contribution in [-0.4, -0.2) is 60.3 Å². The summed E-state index contributed by atoms with van der Waals surface area (Å²) in [5, 5.41) is 36.4. The smallest absolute Gasteiger partial charge is 0.253 e. The van der Waals surface area contributed by atoms with Crippen LogP contribution in [0.2, 0.25) is 0 Å². The predicted octanol–water partition coefficient (Wildman–Crippen LogP) is -2.11. The summed E-state index contributed by atoms with van der Waals surface area (Å²) >= 11 is 0. The van der Waals surface area contributed by atoms with Crippen LogP contribution in [0.25, 0.3) is 0 Å². The average Bonchev–Trinajstić information content (AvgIpc) is 2.49. The van der Waals surface area contributed by atoms with Crippen LogP contribution in [0.15, 0.2) is 29.2 Å². The SMILES string of the molecule is C[C@@H]1O[C@H](NC(=O)c2ccc(S(N)(=O)=O)cc2)[C@H](O)[C@H](O)[C@H]1O. The van der Waals surface area contributed by atoms with E-state index in [1.807, 2.05) is 0 Å². The molecule has 1 aromatic rings. The lowest BCUT2D eigenvalue weighted by molar-refractivity contribution is -0.221. The first-order chi connectivity index (χ1) is 10.6. The zero-order valence-corrected chi connectivity index (χ0v) is 13.0. The van der Waals surface area contributed by atoms with Crippen LogP contribution in [0.5, 0.6) is 0 Å². The Labute approximate surface area is 132 Å². The van der Waals surface area contributed by atoms with Crippen molar-refractivity contribution in [1.82, 2.24) is 5.32 Å². The molecule has 23 heavy (non-hydrogen) atoms. The van der Waals surface area contributed by atoms with Gasteiger partial charge in [0.2, 0.25) is 10.0 Å². The third-order valence-corrected chi connectivity index (χ3v) is 4.50. The van der Waals surface area contributed by atoms with Crippen molar-refractivity contribution in [2.45, 2.75) is 42.5 Å². The molecule has 1 aromatic carbocycles. The number of ether oxygens (including phenoxy) is 1. The normalized spacial score (nSPS) is 31.6. The number of benzene rings is 1. The minimum Gasteiger partial charge on any atom is -0.388 e. The first kappa shape index (κ1) is 17.8. The van der Waals surface area contributed by atoms with E-state index in [1.54, 1.807) is 0 Å². The number of carbonyl (C=O) groups is 1. The largest absolute Gasteiger partial charge is 0.388 e. The first-order valence-electron chi connectivity index (χ1n) is 6.74. The van der Waals surface area contributed by atoms with Crippen molar-refractivity contribution in [2.75, 3.05) is 0 Å². The molecule has 1 amide bonds. The Kier molecular flexibility index (Phi) is 5.04. The maximum absolute atomic E-state index is 12.1. The first-order valence-corrected chi connectivity index (χ1v) is 8.29. The van der Waals surface area contributed by atoms with Crippen molar-refractivity contribution in [3.8, 4) is 0 Å². The van der Waals surface area contributed by atoms with E-state index in [0.29, 0.717) is 0 Å². The van der Waals surface area contributed by atoms with Gasteiger partial charge in [0, 0.05) is 5.56 Å². The number of amides is 1. The predicted molar refractivity (Wildman–Crippen MR) is 77.6 cm³/mol. The number of nitrogens with two attached hydrogens (primary N) is 1. The minimum atomic E-state index is -3.86. The number of aliphatic hydroxyl groups is 3. The second-order valence-corrected chi connectivity index (χ2v) is 6.84. The lowest BCUT2D eigenvalue weighted by Crippen LogP contribution is -2.61. The van der Waals surface area contributed by atoms with Gasteiger partial charge in [0.05, 0.1) is 11.0 Å². The van der Waals surface area contributed by atoms with Crippen molar-refractivity contribution < 1.29 is 33.3 Å². The molecule has 0 spiro atoms. The Bertz CT molecular complexity index is 676. The van der Waals surface area contributed by atoms with Gasteiger partial charge in [-0.3, -0.25) is 4.79 Å². The molecule has 0 aromatic heterocycles. The quantitative estimate of drug-likeness (QED) is 0.419. The molecule has 2 rings (SSSR count). The van der Waals surface area contributed by atoms with Crippen LogP contribution < -0.4 is 10.5 Å². The van der Waals surface area contributed by atoms with Crippen molar-refractivity contribution in [1.29, 1.82) is 0 Å². The lowest BCUT2D eigenvalue weighted by atomic mass is 9.99. The molecule has 0 aliphatic carbocycles. The van der Waals surface area contributed by atoms with Crippen LogP contribution in [0.3, 0.4) is 0 Å². The van der Waals surface area contributed by atoms with E-state index < -0.39 is 46.6 Å². The molecule has 10 heteroatoms. The highest BCUT2D eigenvalue weighted by Gasteiger charge is 2.42. The van der Waals surface area contributed by atoms with Crippen molar-refractivity contribution in [3.63, 3.8) is 0 Å². The zero-order chi connectivity index (χ0) is 17.4. The summed E-state index contributed by atoms with van der Waals surface area (Å²) in [6, 6.07) is 4.84. The molecule has 9 nitrogen and oxygen atoms in total. The van der Waals surface area contributed by atoms with Gasteiger partial charge in [0.1, 0.15) is 18.3 Å². The lowest BCUT2D eigenvalue weighted by Gasteiger charge is -2.39. The van der Waals surface area contributed by atoms with E-state index in [9.17, 15) is 28.5 Å². The summed E-state index contributed by atoms with van der Waals surface area (Å²) < 4.78 is 27.5. The minimum absolute atomic E-state index is 0.112. The highest BCUT2D eigenvalue weighted by Crippen LogP contribution is 2.20. The third-order valence-electron chi connectivity index (χ3n) is 3.57. The Morgan fingerprint density at radius 3 is 2.22 bits per heavy atom. The molecule has 0 saturated carbocycles. The van der Waals surface area contributed by atoms with Gasteiger partial charge in [-0.1, -0.05) is 0 Å². The molecule has 0 radical (unpaired) electrons. The standard InChI is InChI=1S/C13H18N2O7S/c1-6-9(16)10(17)11(18)13(22-6)15-12(19)7-2-4-8(5-3-7)23(14,20)21/h2-6,9-11,13,16-18H,1H3,(H,15,19)(H2,14,20,21)/t6-,9-,10+,11+,13-/m0/s1. The van der Waals surface area contributed by atoms with Crippen molar-refractivity contribution >= 4 is 15.9 Å². The summed E-state index contributed by atoms with van der Waals surface area (Å²) in [5.74, 6) is -0.647. The van der Waals surface area contributed by atoms with Gasteiger partial charge in [-0.15, -0.1) is 0 Å². The molecular formula is C13H18N2O7S. The maximum atomic E-state index is 12.1. The van der Waals surface area contributed by atoms with Gasteiger partial charge < -0.3 is 25.4 Å². The number of rotatable bonds is 3. The second kappa shape index (κ2) is 6.51. The van der Waals surface area contributed by atoms with Crippen LogP contribution in [-0.2, 0) is 14.8 Å². The number of aliphatic hydroxyl groups excluding tert-OH is 3. The Balaban J connectivity index is 2.10. The van der Waals surface area contributed by atoms with Crippen LogP contribution in [0.4, 0.5) is 0 Å². The second-order valence-electron chi connectivity index (χ2n) is 5.28. The summed E-state index contributed by atoms with van der Waals surface area (Å²) in [7, 11) is -3.86. The fourth-order valence-electron chi connectivity index (χ4n) is 2.18. The number of nitrogens with one attached hydrogen (secondary N) is 1. The summed E-state index contributed by atoms with van der Waals surface area (Å²) in [4.78, 5) is 11.9. The van der Waals surface area contributed by atoms with Gasteiger partial charge in [0.25, 0.3) is 5.91 Å². The van der Waals surface area contributed by atoms with E-state index in [0.717, 1.165) is 0 Å². The average molecular weight is 346 g/mol. The molecule has 0 bridgehead atoms. The fraction of sp³-hybridized carbons (Fsp3) is 0.462. The van der Waals surface area contributed by atoms with E-state index in [4.69, 9.17) is 9.88 Å². The molecule has 0 unspecified atom stereocenters. The highest BCUT2D eigenvalue weighted by molar-refractivity contribution is 7.89. The van der Waals surface area contributed by atoms with E-state index in [-0.39, 0.29) is 10.5 Å². The molecule has 5 atom stereocenters. The molecule has 6 N–H and O–H groups in total. The Morgan fingerprint density at radius 1 is 1.13 bits per heavy atom. The summed E-state index contributed by atoms with van der Waals surface area (Å²) in [5.41, 5.74) is 0.112. The molecule has 1 saturated heterocycles. The zero-order valence-electron chi connectivity index (χ0n) is 12.2. The number of sulfonamides is 1. The molecule has 1 aliphatic rings. The molecule has 1 heterocycles. The maximum Gasteiger partial charge on any atom is 0.253 e. The molecular weight excluding hydrogens is 328 g/mol. The fourth-order valence-corrected chi connectivity index (χ4v) is 2.69. The van der Waals surface area contributed by atoms with Gasteiger partial charge >= 0.3 is 0 Å². The number of hydrogen-bond donors (Lipinski definition) is 5. The van der Waals surface area contributed by atoms with E-state index in [2.05, 4.69) is 5.32 Å². The van der Waals surface area contributed by atoms with Gasteiger partial charge in [-0.05, 0) is 31.2 Å². The number of hydrogen-bond acceptors (Lipinski definition) is 7. The van der Waals surface area contributed by atoms with Crippen LogP contribution >= 0.6 is 0 Å². The Hall–Kier alpha value is -1.56. The Morgan fingerprint density at radius 2 is 1.70 bits per heavy atom. The van der Waals surface area contributed by atoms with Crippen molar-refractivity contribution in [2.24, 2.45) is 5.14 Å². The van der Waals surface area contributed by atoms with Gasteiger partial charge in [-0.25, -0.2) is 13.6 Å². The van der Waals surface area contributed by atoms with Gasteiger partial charge in [0.15, 0.2) is 6.23 Å². The monoisotopic (exact) mass is 346 g/mol. The number of carbonyl (C=O) groups excluding carboxylic acids is 1. The van der Waals surface area contributed by atoms with E-state index in [1.165, 1.54) is 31.2 Å². The molecule has 128 valence electrons. The third kappa shape index (κ3) is 3.86. The van der Waals surface area contributed by atoms with Crippen molar-refractivity contribution in [3.05, 3.63) is 29.8 Å². The summed E-state index contributed by atoms with van der Waals surface area (Å²) in [6.07, 6.45) is -6.24. The molecule has 1 fully saturated rings. The summed E-state index contributed by atoms with van der Waals surface area (Å²) in [6.45, 7) is 1.49. The molecule has 1 aliphatic heterocycles. The van der Waals surface area contributed by atoms with Crippen LogP contribution in [0.1, 0.15) is 17.3 Å². The van der Waals surface area contributed by atoms with Gasteiger partial charge in [-0.2, -0.15) is 0 Å². The number of primary sulfonamides is 1. The van der Waals surface area contributed by atoms with E-state index >= 15 is 0 Å². The topological polar surface area (TPSA) is 159 Å².